The highest BCUT2D eigenvalue weighted by atomic mass is 79.9. The Morgan fingerprint density at radius 3 is 2.16 bits per heavy atom. The van der Waals surface area contributed by atoms with E-state index in [-0.39, 0.29) is 16.9 Å². The summed E-state index contributed by atoms with van der Waals surface area (Å²) < 4.78 is 6.67. The molecule has 4 aromatic rings. The number of ether oxygens (including phenoxy) is 1. The maximum Gasteiger partial charge on any atom is 0.261 e. The highest BCUT2D eigenvalue weighted by Crippen LogP contribution is 2.24. The molecule has 0 spiro atoms. The maximum atomic E-state index is 13.0. The number of nitrogens with one attached hydrogen (secondary N) is 3. The molecule has 38 heavy (non-hydrogen) atoms. The number of carbonyl (C=O) groups is 2. The third kappa shape index (κ3) is 7.50. The quantitative estimate of drug-likeness (QED) is 0.198. The Hall–Kier alpha value is -4.01. The average molecular weight is 589 g/mol. The maximum absolute atomic E-state index is 13.0. The molecule has 3 N–H and O–H groups in total. The normalized spacial score (nSPS) is 10.4. The van der Waals surface area contributed by atoms with Gasteiger partial charge in [-0.05, 0) is 78.8 Å². The molecule has 0 radical (unpaired) electrons. The number of aryl methyl sites for hydroxylation is 1. The van der Waals surface area contributed by atoms with E-state index in [1.54, 1.807) is 42.5 Å². The van der Waals surface area contributed by atoms with Crippen molar-refractivity contribution in [1.82, 2.24) is 5.32 Å². The first-order chi connectivity index (χ1) is 18.4. The van der Waals surface area contributed by atoms with E-state index in [1.165, 1.54) is 0 Å². The highest BCUT2D eigenvalue weighted by Gasteiger charge is 2.15. The smallest absolute Gasteiger partial charge is 0.261 e. The van der Waals surface area contributed by atoms with Crippen molar-refractivity contribution >= 4 is 56.4 Å². The van der Waals surface area contributed by atoms with Crippen LogP contribution >= 0.6 is 28.1 Å². The van der Waals surface area contributed by atoms with E-state index in [0.29, 0.717) is 34.9 Å². The van der Waals surface area contributed by atoms with E-state index < -0.39 is 0 Å². The summed E-state index contributed by atoms with van der Waals surface area (Å²) >= 11 is 8.77. The lowest BCUT2D eigenvalue weighted by atomic mass is 10.1. The Labute approximate surface area is 235 Å². The number of hydrogen-bond donors (Lipinski definition) is 3. The highest BCUT2D eigenvalue weighted by molar-refractivity contribution is 9.10. The summed E-state index contributed by atoms with van der Waals surface area (Å²) in [6.07, 6.45) is 0.722. The minimum atomic E-state index is -0.388. The Bertz CT molecular complexity index is 1440. The van der Waals surface area contributed by atoms with Crippen molar-refractivity contribution in [2.24, 2.45) is 0 Å². The molecule has 0 bridgehead atoms. The summed E-state index contributed by atoms with van der Waals surface area (Å²) in [5.41, 5.74) is 4.35. The molecule has 0 aliphatic carbocycles. The number of rotatable bonds is 8. The predicted octanol–water partition coefficient (Wildman–Crippen LogP) is 6.76. The van der Waals surface area contributed by atoms with Gasteiger partial charge in [0.2, 0.25) is 0 Å². The molecule has 0 saturated carbocycles. The monoisotopic (exact) mass is 587 g/mol. The van der Waals surface area contributed by atoms with E-state index >= 15 is 0 Å². The predicted molar refractivity (Wildman–Crippen MR) is 159 cm³/mol. The van der Waals surface area contributed by atoms with Crippen LogP contribution in [-0.4, -0.2) is 23.5 Å². The van der Waals surface area contributed by atoms with Crippen molar-refractivity contribution in [3.63, 3.8) is 0 Å². The van der Waals surface area contributed by atoms with Gasteiger partial charge >= 0.3 is 0 Å². The lowest BCUT2D eigenvalue weighted by Gasteiger charge is -2.14. The summed E-state index contributed by atoms with van der Waals surface area (Å²) in [5.74, 6) is -0.0961. The van der Waals surface area contributed by atoms with Crippen molar-refractivity contribution in [2.45, 2.75) is 13.3 Å². The van der Waals surface area contributed by atoms with Gasteiger partial charge in [0.05, 0.1) is 12.2 Å². The standard InChI is InChI=1S/C30H26BrN3O3S/c1-20-7-5-6-10-25(20)28(35)32-23-12-14-24(15-13-23)33-30(38)34-29(36)26-19-22(31)11-16-27(26)37-18-17-21-8-3-2-4-9-21/h2-16,19H,17-18H2,1H3,(H,32,35)(H2,33,34,36,38). The molecule has 0 aliphatic rings. The summed E-state index contributed by atoms with van der Waals surface area (Å²) in [7, 11) is 0. The molecule has 4 rings (SSSR count). The number of benzene rings is 4. The molecule has 4 aromatic carbocycles. The van der Waals surface area contributed by atoms with Crippen LogP contribution < -0.4 is 20.7 Å². The number of thiocarbonyl (C=S) groups is 1. The Balaban J connectivity index is 1.33. The number of hydrogen-bond acceptors (Lipinski definition) is 4. The van der Waals surface area contributed by atoms with Crippen molar-refractivity contribution in [3.05, 3.63) is 124 Å². The number of anilines is 2. The summed E-state index contributed by atoms with van der Waals surface area (Å²) in [6, 6.07) is 29.7. The molecule has 0 aliphatic heterocycles. The first-order valence-corrected chi connectivity index (χ1v) is 13.1. The number of halogens is 1. The van der Waals surface area contributed by atoms with Gasteiger partial charge in [0.1, 0.15) is 5.75 Å². The van der Waals surface area contributed by atoms with Crippen molar-refractivity contribution in [2.75, 3.05) is 17.2 Å². The van der Waals surface area contributed by atoms with Gasteiger partial charge in [0.15, 0.2) is 5.11 Å². The molecule has 0 saturated heterocycles. The summed E-state index contributed by atoms with van der Waals surface area (Å²) in [4.78, 5) is 25.5. The average Bonchev–Trinajstić information content (AvgIpc) is 2.91. The minimum absolute atomic E-state index is 0.141. The fourth-order valence-electron chi connectivity index (χ4n) is 3.72. The minimum Gasteiger partial charge on any atom is -0.492 e. The van der Waals surface area contributed by atoms with Gasteiger partial charge in [0, 0.05) is 27.8 Å². The molecule has 6 nitrogen and oxygen atoms in total. The van der Waals surface area contributed by atoms with Gasteiger partial charge in [-0.25, -0.2) is 0 Å². The fourth-order valence-corrected chi connectivity index (χ4v) is 4.30. The van der Waals surface area contributed by atoms with Gasteiger partial charge in [0.25, 0.3) is 11.8 Å². The number of amides is 2. The van der Waals surface area contributed by atoms with Crippen LogP contribution in [0, 0.1) is 6.92 Å². The van der Waals surface area contributed by atoms with Gasteiger partial charge in [-0.1, -0.05) is 64.5 Å². The van der Waals surface area contributed by atoms with E-state index in [2.05, 4.69) is 31.9 Å². The van der Waals surface area contributed by atoms with E-state index in [1.807, 2.05) is 61.5 Å². The first kappa shape index (κ1) is 27.0. The van der Waals surface area contributed by atoms with Crippen molar-refractivity contribution in [3.8, 4) is 5.75 Å². The molecule has 0 heterocycles. The van der Waals surface area contributed by atoms with Crippen molar-refractivity contribution < 1.29 is 14.3 Å². The lowest BCUT2D eigenvalue weighted by molar-refractivity contribution is 0.0972. The second-order valence-electron chi connectivity index (χ2n) is 8.48. The zero-order chi connectivity index (χ0) is 26.9. The van der Waals surface area contributed by atoms with Crippen LogP contribution in [0.2, 0.25) is 0 Å². The number of carbonyl (C=O) groups excluding carboxylic acids is 2. The van der Waals surface area contributed by atoms with Crippen LogP contribution in [0.4, 0.5) is 11.4 Å². The van der Waals surface area contributed by atoms with Crippen LogP contribution in [0.25, 0.3) is 0 Å². The third-order valence-corrected chi connectivity index (χ3v) is 6.39. The second kappa shape index (κ2) is 13.0. The molecular formula is C30H26BrN3O3S. The zero-order valence-corrected chi connectivity index (χ0v) is 23.1. The Morgan fingerprint density at radius 1 is 0.789 bits per heavy atom. The largest absolute Gasteiger partial charge is 0.492 e. The topological polar surface area (TPSA) is 79.5 Å². The third-order valence-electron chi connectivity index (χ3n) is 5.69. The summed E-state index contributed by atoms with van der Waals surface area (Å²) in [5, 5.41) is 8.73. The lowest BCUT2D eigenvalue weighted by Crippen LogP contribution is -2.34. The van der Waals surface area contributed by atoms with Gasteiger partial charge < -0.3 is 15.4 Å². The molecule has 8 heteroatoms. The van der Waals surface area contributed by atoms with Crippen LogP contribution in [0.5, 0.6) is 5.75 Å². The molecule has 0 fully saturated rings. The molecule has 0 aromatic heterocycles. The van der Waals surface area contributed by atoms with Crippen LogP contribution in [0.3, 0.4) is 0 Å². The van der Waals surface area contributed by atoms with Gasteiger partial charge in [-0.3, -0.25) is 14.9 Å². The van der Waals surface area contributed by atoms with Crippen molar-refractivity contribution in [1.29, 1.82) is 0 Å². The molecule has 192 valence electrons. The Morgan fingerprint density at radius 2 is 1.45 bits per heavy atom. The molecule has 0 atom stereocenters. The molecule has 2 amide bonds. The SMILES string of the molecule is Cc1ccccc1C(=O)Nc1ccc(NC(=S)NC(=O)c2cc(Br)ccc2OCCc2ccccc2)cc1. The van der Waals surface area contributed by atoms with Crippen LogP contribution in [0.1, 0.15) is 31.8 Å². The van der Waals surface area contributed by atoms with E-state index in [0.717, 1.165) is 22.0 Å². The van der Waals surface area contributed by atoms with Gasteiger partial charge in [-0.15, -0.1) is 0 Å². The second-order valence-corrected chi connectivity index (χ2v) is 9.80. The molecule has 0 unspecified atom stereocenters. The summed E-state index contributed by atoms with van der Waals surface area (Å²) in [6.45, 7) is 2.33. The van der Waals surface area contributed by atoms with E-state index in [4.69, 9.17) is 17.0 Å². The van der Waals surface area contributed by atoms with Crippen LogP contribution in [0.15, 0.2) is 102 Å². The Kier molecular flexibility index (Phi) is 9.24. The fraction of sp³-hybridized carbons (Fsp3) is 0.100. The van der Waals surface area contributed by atoms with Crippen LogP contribution in [-0.2, 0) is 6.42 Å². The van der Waals surface area contributed by atoms with Gasteiger partial charge in [-0.2, -0.15) is 0 Å². The molecular weight excluding hydrogens is 562 g/mol. The first-order valence-electron chi connectivity index (χ1n) is 11.9. The zero-order valence-electron chi connectivity index (χ0n) is 20.7. The van der Waals surface area contributed by atoms with E-state index in [9.17, 15) is 9.59 Å².